The van der Waals surface area contributed by atoms with E-state index in [1.165, 1.54) is 21.5 Å². The standard InChI is InChI=1S/C23H16N3O3S2/c27-22(20-15-30-23(25-20)16-7-6-12-24-13-16)19-14-26(21-11-5-4-10-18(19)21)31(28,29)17-8-2-1-3-9-17/h1-15,27H/q-1. The molecule has 0 aliphatic rings. The summed E-state index contributed by atoms with van der Waals surface area (Å²) >= 11 is 1.38. The van der Waals surface area contributed by atoms with Crippen LogP contribution in [0.5, 0.6) is 0 Å². The minimum atomic E-state index is -3.83. The van der Waals surface area contributed by atoms with E-state index in [0.29, 0.717) is 22.2 Å². The number of hydrogen-bond donors (Lipinski definition) is 1. The van der Waals surface area contributed by atoms with E-state index in [1.807, 2.05) is 12.1 Å². The fourth-order valence-corrected chi connectivity index (χ4v) is 5.57. The summed E-state index contributed by atoms with van der Waals surface area (Å²) in [4.78, 5) is 8.80. The van der Waals surface area contributed by atoms with E-state index < -0.39 is 10.0 Å². The Balaban J connectivity index is 1.61. The van der Waals surface area contributed by atoms with E-state index >= 15 is 0 Å². The molecule has 1 N–H and O–H groups in total. The normalized spacial score (nSPS) is 11.6. The molecule has 5 aromatic rings. The highest BCUT2D eigenvalue weighted by molar-refractivity contribution is 7.85. The molecule has 0 saturated carbocycles. The molecule has 0 radical (unpaired) electrons. The Labute approximate surface area is 183 Å². The van der Waals surface area contributed by atoms with Gasteiger partial charge in [0, 0.05) is 11.9 Å². The average Bonchev–Trinajstić information content (AvgIpc) is 3.46. The molecule has 0 bridgehead atoms. The van der Waals surface area contributed by atoms with Crippen LogP contribution in [0.15, 0.2) is 95.6 Å². The zero-order chi connectivity index (χ0) is 21.4. The Bertz CT molecular complexity index is 1460. The predicted molar refractivity (Wildman–Crippen MR) is 117 cm³/mol. The van der Waals surface area contributed by atoms with Gasteiger partial charge in [-0.2, -0.15) is 18.5 Å². The van der Waals surface area contributed by atoms with Crippen molar-refractivity contribution in [2.45, 2.75) is 4.90 Å². The Morgan fingerprint density at radius 1 is 1.03 bits per heavy atom. The zero-order valence-electron chi connectivity index (χ0n) is 16.1. The molecule has 0 spiro atoms. The molecule has 0 atom stereocenters. The van der Waals surface area contributed by atoms with Crippen molar-refractivity contribution in [2.24, 2.45) is 0 Å². The molecule has 5 rings (SSSR count). The molecule has 3 aromatic heterocycles. The van der Waals surface area contributed by atoms with Gasteiger partial charge in [-0.15, -0.1) is 29.1 Å². The summed E-state index contributed by atoms with van der Waals surface area (Å²) in [5.74, 6) is 0. The number of aliphatic hydroxyl groups excluding tert-OH is 1. The van der Waals surface area contributed by atoms with Crippen LogP contribution in [0.4, 0.5) is 0 Å². The Morgan fingerprint density at radius 3 is 2.61 bits per heavy atom. The number of aliphatic hydroxyl groups is 1. The van der Waals surface area contributed by atoms with E-state index in [-0.39, 0.29) is 11.0 Å². The van der Waals surface area contributed by atoms with Crippen molar-refractivity contribution in [3.63, 3.8) is 0 Å². The Kier molecular flexibility index (Phi) is 4.82. The number of benzene rings is 2. The smallest absolute Gasteiger partial charge is 0.386 e. The zero-order valence-corrected chi connectivity index (χ0v) is 17.7. The van der Waals surface area contributed by atoms with Gasteiger partial charge in [0.1, 0.15) is 15.8 Å². The highest BCUT2D eigenvalue weighted by Gasteiger charge is 2.26. The van der Waals surface area contributed by atoms with Crippen LogP contribution in [0.1, 0.15) is 11.3 Å². The predicted octanol–water partition coefficient (Wildman–Crippen LogP) is 3.90. The maximum Gasteiger partial charge on any atom is 0.386 e. The maximum atomic E-state index is 13.3. The molecule has 6 nitrogen and oxygen atoms in total. The molecular weight excluding hydrogens is 430 g/mol. The second kappa shape index (κ2) is 7.66. The van der Waals surface area contributed by atoms with E-state index in [1.54, 1.807) is 72.4 Å². The first-order chi connectivity index (χ1) is 15.1. The van der Waals surface area contributed by atoms with Crippen LogP contribution >= 0.6 is 11.3 Å². The third-order valence-corrected chi connectivity index (χ3v) is 7.47. The quantitative estimate of drug-likeness (QED) is 0.251. The van der Waals surface area contributed by atoms with Crippen molar-refractivity contribution in [3.8, 4) is 10.6 Å². The van der Waals surface area contributed by atoms with Gasteiger partial charge in [0.05, 0.1) is 6.20 Å². The number of aromatic nitrogens is 3. The van der Waals surface area contributed by atoms with Gasteiger partial charge in [-0.1, -0.05) is 30.3 Å². The van der Waals surface area contributed by atoms with Crippen LogP contribution in [-0.2, 0) is 10.0 Å². The van der Waals surface area contributed by atoms with Crippen molar-refractivity contribution in [1.82, 2.24) is 9.97 Å². The lowest BCUT2D eigenvalue weighted by atomic mass is 10.1. The minimum Gasteiger partial charge on any atom is -0.420 e. The third kappa shape index (κ3) is 3.40. The number of pyridine rings is 1. The Hall–Kier alpha value is -3.46. The lowest BCUT2D eigenvalue weighted by Crippen LogP contribution is -2.41. The summed E-state index contributed by atoms with van der Waals surface area (Å²) in [6.07, 6.45) is 4.76. The molecule has 0 amide bonds. The SMILES string of the molecule is O=S(=O)(c1ccccc1)[n+]1cc([C-](O)c2c[s+][c-](-c3cccnc3)n2)c2cccc[c-]21. The van der Waals surface area contributed by atoms with Crippen molar-refractivity contribution < 1.29 is 17.5 Å². The van der Waals surface area contributed by atoms with Crippen LogP contribution in [0, 0.1) is 6.10 Å². The van der Waals surface area contributed by atoms with Gasteiger partial charge in [0.25, 0.3) is 0 Å². The summed E-state index contributed by atoms with van der Waals surface area (Å²) in [5, 5.41) is 14.1. The van der Waals surface area contributed by atoms with Gasteiger partial charge in [-0.3, -0.25) is 4.98 Å². The fourth-order valence-electron chi connectivity index (χ4n) is 3.39. The van der Waals surface area contributed by atoms with Gasteiger partial charge in [0.2, 0.25) is 5.01 Å². The second-order valence-corrected chi connectivity index (χ2v) is 9.48. The number of rotatable bonds is 5. The first kappa shape index (κ1) is 19.5. The van der Waals surface area contributed by atoms with Crippen molar-refractivity contribution in [3.05, 3.63) is 108 Å². The molecule has 0 aliphatic heterocycles. The van der Waals surface area contributed by atoms with Gasteiger partial charge in [-0.25, -0.2) is 0 Å². The molecule has 154 valence electrons. The molecular formula is C23H16N3O3S2-. The molecule has 3 heterocycles. The summed E-state index contributed by atoms with van der Waals surface area (Å²) < 4.78 is 27.7. The molecule has 31 heavy (non-hydrogen) atoms. The Morgan fingerprint density at radius 2 is 1.84 bits per heavy atom. The van der Waals surface area contributed by atoms with E-state index in [2.05, 4.69) is 9.97 Å². The first-order valence-corrected chi connectivity index (χ1v) is 11.7. The molecule has 0 fully saturated rings. The lowest BCUT2D eigenvalue weighted by molar-refractivity contribution is -0.478. The fraction of sp³-hybridized carbons (Fsp3) is 0. The molecule has 0 unspecified atom stereocenters. The molecule has 0 aliphatic carbocycles. The number of para-hydroxylation sites is 1. The molecule has 8 heteroatoms. The largest absolute Gasteiger partial charge is 0.420 e. The van der Waals surface area contributed by atoms with Crippen molar-refractivity contribution in [2.75, 3.05) is 0 Å². The summed E-state index contributed by atoms with van der Waals surface area (Å²) in [6, 6.07) is 19.0. The minimum absolute atomic E-state index is 0.0791. The highest BCUT2D eigenvalue weighted by atomic mass is 32.2. The van der Waals surface area contributed by atoms with Gasteiger partial charge in [-0.05, 0) is 30.0 Å². The third-order valence-electron chi connectivity index (χ3n) is 4.89. The van der Waals surface area contributed by atoms with Gasteiger partial charge < -0.3 is 10.1 Å². The second-order valence-electron chi connectivity index (χ2n) is 6.80. The van der Waals surface area contributed by atoms with Crippen molar-refractivity contribution >= 4 is 32.3 Å². The van der Waals surface area contributed by atoms with Crippen molar-refractivity contribution in [1.29, 1.82) is 0 Å². The summed E-state index contributed by atoms with van der Waals surface area (Å²) in [6.45, 7) is 0. The maximum absolute atomic E-state index is 13.3. The summed E-state index contributed by atoms with van der Waals surface area (Å²) in [7, 11) is -3.83. The van der Waals surface area contributed by atoms with E-state index in [9.17, 15) is 13.5 Å². The van der Waals surface area contributed by atoms with E-state index in [4.69, 9.17) is 0 Å². The first-order valence-electron chi connectivity index (χ1n) is 9.39. The van der Waals surface area contributed by atoms with Crippen LogP contribution in [0.2, 0.25) is 0 Å². The summed E-state index contributed by atoms with van der Waals surface area (Å²) in [5.41, 5.74) is 2.11. The average molecular weight is 447 g/mol. The van der Waals surface area contributed by atoms with Gasteiger partial charge >= 0.3 is 10.0 Å². The molecule has 0 saturated heterocycles. The number of hydrogen-bond acceptors (Lipinski definition) is 5. The highest BCUT2D eigenvalue weighted by Crippen LogP contribution is 2.31. The lowest BCUT2D eigenvalue weighted by Gasteiger charge is -2.15. The number of nitrogens with zero attached hydrogens (tertiary/aromatic N) is 3. The van der Waals surface area contributed by atoms with E-state index in [0.717, 1.165) is 10.6 Å². The van der Waals surface area contributed by atoms with Crippen LogP contribution in [-0.4, -0.2) is 23.5 Å². The van der Waals surface area contributed by atoms with Gasteiger partial charge in [0.15, 0.2) is 11.3 Å². The number of fused-ring (bicyclic) bond motifs is 1. The van der Waals surface area contributed by atoms with Crippen LogP contribution in [0.3, 0.4) is 0 Å². The van der Waals surface area contributed by atoms with Crippen LogP contribution in [0.25, 0.3) is 21.5 Å². The monoisotopic (exact) mass is 446 g/mol. The molecule has 2 aromatic carbocycles. The topological polar surface area (TPSA) is 84.0 Å². The number of thiazole rings is 1. The van der Waals surface area contributed by atoms with Crippen LogP contribution < -0.4 is 3.97 Å².